The molecule has 2 heteroatoms. The molecule has 0 N–H and O–H groups in total. The average molecular weight is 223 g/mol. The maximum absolute atomic E-state index is 12.3. The highest BCUT2D eigenvalue weighted by Gasteiger charge is 2.25. The van der Waals surface area contributed by atoms with Crippen LogP contribution in [-0.2, 0) is 6.42 Å². The first-order valence-corrected chi connectivity index (χ1v) is 5.65. The van der Waals surface area contributed by atoms with E-state index in [-0.39, 0.29) is 5.91 Å². The predicted molar refractivity (Wildman–Crippen MR) is 68.9 cm³/mol. The van der Waals surface area contributed by atoms with Gasteiger partial charge in [-0.1, -0.05) is 43.0 Å². The number of amides is 1. The molecule has 2 aromatic rings. The van der Waals surface area contributed by atoms with E-state index >= 15 is 0 Å². The number of allylic oxidation sites excluding steroid dienone is 1. The van der Waals surface area contributed by atoms with Crippen LogP contribution in [0.2, 0.25) is 0 Å². The first-order chi connectivity index (χ1) is 8.18. The zero-order chi connectivity index (χ0) is 12.0. The van der Waals surface area contributed by atoms with Gasteiger partial charge in [-0.05, 0) is 16.3 Å². The van der Waals surface area contributed by atoms with Crippen molar-refractivity contribution in [2.75, 3.05) is 7.05 Å². The molecule has 1 aliphatic heterocycles. The van der Waals surface area contributed by atoms with Gasteiger partial charge in [0.25, 0.3) is 5.91 Å². The normalized spacial score (nSPS) is 15.2. The fourth-order valence-corrected chi connectivity index (χ4v) is 2.37. The van der Waals surface area contributed by atoms with Crippen molar-refractivity contribution in [3.63, 3.8) is 0 Å². The summed E-state index contributed by atoms with van der Waals surface area (Å²) in [5.74, 6) is 0.0491. The first-order valence-electron chi connectivity index (χ1n) is 5.65. The van der Waals surface area contributed by atoms with E-state index in [4.69, 9.17) is 0 Å². The molecule has 2 aromatic carbocycles. The molecule has 0 atom stereocenters. The van der Waals surface area contributed by atoms with Gasteiger partial charge in [0.1, 0.15) is 0 Å². The number of carbonyl (C=O) groups is 1. The Labute approximate surface area is 100 Å². The highest BCUT2D eigenvalue weighted by atomic mass is 16.2. The number of nitrogens with zero attached hydrogens (tertiary/aromatic N) is 1. The third-order valence-electron chi connectivity index (χ3n) is 3.40. The smallest absolute Gasteiger partial charge is 0.258 e. The van der Waals surface area contributed by atoms with Crippen LogP contribution in [-0.4, -0.2) is 17.9 Å². The second-order valence-corrected chi connectivity index (χ2v) is 4.43. The Bertz CT molecular complexity index is 642. The van der Waals surface area contributed by atoms with Crippen LogP contribution < -0.4 is 0 Å². The Balaban J connectivity index is 2.36. The monoisotopic (exact) mass is 223 g/mol. The number of hydrogen-bond acceptors (Lipinski definition) is 1. The van der Waals surface area contributed by atoms with Crippen LogP contribution in [0.4, 0.5) is 0 Å². The van der Waals surface area contributed by atoms with Crippen LogP contribution in [0.1, 0.15) is 15.9 Å². The zero-order valence-corrected chi connectivity index (χ0v) is 9.73. The highest BCUT2D eigenvalue weighted by Crippen LogP contribution is 2.30. The maximum Gasteiger partial charge on any atom is 0.258 e. The molecule has 3 rings (SSSR count). The minimum atomic E-state index is 0.0491. The molecule has 1 aliphatic rings. The van der Waals surface area contributed by atoms with Gasteiger partial charge in [0.2, 0.25) is 0 Å². The molecule has 0 fully saturated rings. The second-order valence-electron chi connectivity index (χ2n) is 4.43. The van der Waals surface area contributed by atoms with Crippen LogP contribution >= 0.6 is 0 Å². The van der Waals surface area contributed by atoms with Crippen molar-refractivity contribution >= 4 is 16.7 Å². The van der Waals surface area contributed by atoms with Crippen molar-refractivity contribution in [3.05, 3.63) is 59.8 Å². The van der Waals surface area contributed by atoms with E-state index in [2.05, 4.69) is 12.6 Å². The molecule has 0 aliphatic carbocycles. The predicted octanol–water partition coefficient (Wildman–Crippen LogP) is 2.98. The lowest BCUT2D eigenvalue weighted by molar-refractivity contribution is 0.0825. The molecule has 0 radical (unpaired) electrons. The Morgan fingerprint density at radius 1 is 1.18 bits per heavy atom. The van der Waals surface area contributed by atoms with Crippen molar-refractivity contribution in [2.24, 2.45) is 0 Å². The molecule has 0 saturated heterocycles. The van der Waals surface area contributed by atoms with Gasteiger partial charge in [-0.2, -0.15) is 0 Å². The second kappa shape index (κ2) is 3.45. The van der Waals surface area contributed by atoms with Crippen molar-refractivity contribution in [1.29, 1.82) is 0 Å². The number of benzene rings is 2. The molecular formula is C15H13NO. The Hall–Kier alpha value is -2.09. The molecule has 2 nitrogen and oxygen atoms in total. The van der Waals surface area contributed by atoms with E-state index in [9.17, 15) is 4.79 Å². The highest BCUT2D eigenvalue weighted by molar-refractivity contribution is 6.09. The van der Waals surface area contributed by atoms with Crippen LogP contribution in [0, 0.1) is 0 Å². The molecule has 1 heterocycles. The van der Waals surface area contributed by atoms with Gasteiger partial charge < -0.3 is 4.90 Å². The van der Waals surface area contributed by atoms with E-state index in [1.54, 1.807) is 11.9 Å². The lowest BCUT2D eigenvalue weighted by atomic mass is 9.92. The van der Waals surface area contributed by atoms with Gasteiger partial charge in [-0.25, -0.2) is 0 Å². The molecule has 0 aromatic heterocycles. The summed E-state index contributed by atoms with van der Waals surface area (Å²) in [6.07, 6.45) is 0.752. The summed E-state index contributed by atoms with van der Waals surface area (Å²) < 4.78 is 0. The van der Waals surface area contributed by atoms with Crippen molar-refractivity contribution < 1.29 is 4.79 Å². The Kier molecular flexibility index (Phi) is 2.05. The Morgan fingerprint density at radius 3 is 2.76 bits per heavy atom. The molecule has 84 valence electrons. The average Bonchev–Trinajstić information content (AvgIpc) is 2.35. The Morgan fingerprint density at radius 2 is 1.94 bits per heavy atom. The van der Waals surface area contributed by atoms with E-state index in [0.29, 0.717) is 0 Å². The topological polar surface area (TPSA) is 20.3 Å². The number of fused-ring (bicyclic) bond motifs is 3. The fraction of sp³-hybridized carbons (Fsp3) is 0.133. The molecule has 17 heavy (non-hydrogen) atoms. The molecule has 0 saturated carbocycles. The van der Waals surface area contributed by atoms with Crippen LogP contribution in [0.5, 0.6) is 0 Å². The van der Waals surface area contributed by atoms with E-state index in [1.807, 2.05) is 30.3 Å². The van der Waals surface area contributed by atoms with Gasteiger partial charge in [-0.3, -0.25) is 4.79 Å². The summed E-state index contributed by atoms with van der Waals surface area (Å²) in [7, 11) is 1.79. The van der Waals surface area contributed by atoms with Crippen LogP contribution in [0.25, 0.3) is 10.8 Å². The summed E-state index contributed by atoms with van der Waals surface area (Å²) in [5.41, 5.74) is 2.77. The molecule has 0 spiro atoms. The van der Waals surface area contributed by atoms with Gasteiger partial charge in [0.15, 0.2) is 0 Å². The first kappa shape index (κ1) is 10.1. The van der Waals surface area contributed by atoms with E-state index in [0.717, 1.165) is 34.0 Å². The minimum Gasteiger partial charge on any atom is -0.315 e. The molecule has 0 bridgehead atoms. The summed E-state index contributed by atoms with van der Waals surface area (Å²) in [5, 5.41) is 2.15. The van der Waals surface area contributed by atoms with Gasteiger partial charge >= 0.3 is 0 Å². The number of carbonyl (C=O) groups excluding carboxylic acids is 1. The third-order valence-corrected chi connectivity index (χ3v) is 3.40. The van der Waals surface area contributed by atoms with Gasteiger partial charge in [0, 0.05) is 19.2 Å². The lowest BCUT2D eigenvalue weighted by Gasteiger charge is -2.28. The molecular weight excluding hydrogens is 210 g/mol. The van der Waals surface area contributed by atoms with Crippen molar-refractivity contribution in [1.82, 2.24) is 4.90 Å². The molecule has 1 amide bonds. The SMILES string of the molecule is C=C1Cc2ccc3ccccc3c2C(=O)N1C. The largest absolute Gasteiger partial charge is 0.315 e. The third kappa shape index (κ3) is 1.37. The van der Waals surface area contributed by atoms with Crippen LogP contribution in [0.15, 0.2) is 48.7 Å². The van der Waals surface area contributed by atoms with Crippen molar-refractivity contribution in [2.45, 2.75) is 6.42 Å². The summed E-state index contributed by atoms with van der Waals surface area (Å²) in [6, 6.07) is 12.1. The number of likely N-dealkylation sites (N-methyl/N-ethyl adjacent to an activating group) is 1. The van der Waals surface area contributed by atoms with E-state index in [1.165, 1.54) is 0 Å². The number of rotatable bonds is 0. The van der Waals surface area contributed by atoms with Gasteiger partial charge in [-0.15, -0.1) is 0 Å². The molecule has 0 unspecified atom stereocenters. The quantitative estimate of drug-likeness (QED) is 0.672. The fourth-order valence-electron chi connectivity index (χ4n) is 2.37. The summed E-state index contributed by atoms with van der Waals surface area (Å²) in [4.78, 5) is 14.0. The standard InChI is InChI=1S/C15H13NO/c1-10-9-12-8-7-11-5-3-4-6-13(11)14(12)15(17)16(10)2/h3-8H,1,9H2,2H3. The summed E-state index contributed by atoms with van der Waals surface area (Å²) >= 11 is 0. The summed E-state index contributed by atoms with van der Waals surface area (Å²) in [6.45, 7) is 3.93. The number of hydrogen-bond donors (Lipinski definition) is 0. The lowest BCUT2D eigenvalue weighted by Crippen LogP contribution is -2.32. The maximum atomic E-state index is 12.3. The van der Waals surface area contributed by atoms with Gasteiger partial charge in [0.05, 0.1) is 5.56 Å². The van der Waals surface area contributed by atoms with Crippen LogP contribution in [0.3, 0.4) is 0 Å². The van der Waals surface area contributed by atoms with E-state index < -0.39 is 0 Å². The van der Waals surface area contributed by atoms with Crippen molar-refractivity contribution in [3.8, 4) is 0 Å². The zero-order valence-electron chi connectivity index (χ0n) is 9.73. The minimum absolute atomic E-state index is 0.0491.